The molecule has 21 heavy (non-hydrogen) atoms. The van der Waals surface area contributed by atoms with Gasteiger partial charge in [0.05, 0.1) is 5.69 Å². The van der Waals surface area contributed by atoms with Crippen molar-refractivity contribution in [1.82, 2.24) is 0 Å². The maximum absolute atomic E-state index is 11.4. The molecule has 0 atom stereocenters. The fraction of sp³-hybridized carbons (Fsp3) is 0.118. The van der Waals surface area contributed by atoms with Crippen molar-refractivity contribution in [2.24, 2.45) is 0 Å². The van der Waals surface area contributed by atoms with Crippen molar-refractivity contribution in [3.8, 4) is 11.5 Å². The quantitative estimate of drug-likeness (QED) is 0.573. The number of anilines is 1. The number of hydrogen-bond donors (Lipinski definition) is 1. The second-order valence-corrected chi connectivity index (χ2v) is 5.05. The lowest BCUT2D eigenvalue weighted by Gasteiger charge is -2.10. The van der Waals surface area contributed by atoms with Crippen molar-refractivity contribution in [3.05, 3.63) is 64.0 Å². The average molecular weight is 281 g/mol. The zero-order valence-corrected chi connectivity index (χ0v) is 11.8. The van der Waals surface area contributed by atoms with Crippen LogP contribution in [0.1, 0.15) is 11.1 Å². The molecule has 0 amide bonds. The summed E-state index contributed by atoms with van der Waals surface area (Å²) in [6.07, 6.45) is 0. The summed E-state index contributed by atoms with van der Waals surface area (Å²) in [4.78, 5) is 11.4. The van der Waals surface area contributed by atoms with Gasteiger partial charge in [-0.25, -0.2) is 4.79 Å². The Balaban J connectivity index is 2.05. The van der Waals surface area contributed by atoms with E-state index in [1.165, 1.54) is 6.07 Å². The molecular weight excluding hydrogens is 266 g/mol. The topological polar surface area (TPSA) is 65.5 Å². The first-order valence-corrected chi connectivity index (χ1v) is 6.61. The molecule has 3 aromatic rings. The highest BCUT2D eigenvalue weighted by Gasteiger charge is 2.07. The molecule has 0 radical (unpaired) electrons. The molecule has 0 unspecified atom stereocenters. The normalized spacial score (nSPS) is 10.8. The first-order valence-electron chi connectivity index (χ1n) is 6.61. The minimum absolute atomic E-state index is 0.368. The van der Waals surface area contributed by atoms with E-state index in [4.69, 9.17) is 14.9 Å². The van der Waals surface area contributed by atoms with Crippen LogP contribution in [0.3, 0.4) is 0 Å². The van der Waals surface area contributed by atoms with Gasteiger partial charge in [0.2, 0.25) is 0 Å². The van der Waals surface area contributed by atoms with Gasteiger partial charge >= 0.3 is 5.63 Å². The molecule has 4 nitrogen and oxygen atoms in total. The summed E-state index contributed by atoms with van der Waals surface area (Å²) in [7, 11) is 0. The van der Waals surface area contributed by atoms with E-state index < -0.39 is 0 Å². The molecule has 0 aliphatic carbocycles. The molecule has 0 saturated carbocycles. The number of nitrogen functional groups attached to an aromatic ring is 1. The molecule has 0 spiro atoms. The Morgan fingerprint density at radius 1 is 1.05 bits per heavy atom. The first-order chi connectivity index (χ1) is 10.0. The van der Waals surface area contributed by atoms with Crippen LogP contribution in [-0.2, 0) is 0 Å². The molecule has 0 bridgehead atoms. The van der Waals surface area contributed by atoms with Gasteiger partial charge in [-0.05, 0) is 49.2 Å². The van der Waals surface area contributed by atoms with Crippen LogP contribution in [0.15, 0.2) is 51.7 Å². The van der Waals surface area contributed by atoms with Crippen molar-refractivity contribution in [2.75, 3.05) is 5.73 Å². The minimum atomic E-state index is -0.368. The molecule has 1 heterocycles. The average Bonchev–Trinajstić information content (AvgIpc) is 2.42. The van der Waals surface area contributed by atoms with E-state index >= 15 is 0 Å². The SMILES string of the molecule is Cc1ccc(N)c(Oc2ccc3c(C)cc(=O)oc3c2)c1. The van der Waals surface area contributed by atoms with Crippen LogP contribution in [0, 0.1) is 13.8 Å². The van der Waals surface area contributed by atoms with Gasteiger partial charge in [-0.15, -0.1) is 0 Å². The van der Waals surface area contributed by atoms with Crippen LogP contribution in [-0.4, -0.2) is 0 Å². The van der Waals surface area contributed by atoms with E-state index in [0.29, 0.717) is 22.8 Å². The van der Waals surface area contributed by atoms with Crippen molar-refractivity contribution in [2.45, 2.75) is 13.8 Å². The first kappa shape index (κ1) is 13.2. The summed E-state index contributed by atoms with van der Waals surface area (Å²) in [5.41, 5.74) is 8.53. The Kier molecular flexibility index (Phi) is 3.14. The van der Waals surface area contributed by atoms with E-state index in [9.17, 15) is 4.79 Å². The molecule has 0 aliphatic rings. The molecule has 0 fully saturated rings. The van der Waals surface area contributed by atoms with E-state index in [1.807, 2.05) is 38.1 Å². The summed E-state index contributed by atoms with van der Waals surface area (Å²) in [5, 5.41) is 0.888. The van der Waals surface area contributed by atoms with Gasteiger partial charge in [-0.2, -0.15) is 0 Å². The molecule has 0 saturated heterocycles. The van der Waals surface area contributed by atoms with E-state index in [-0.39, 0.29) is 5.63 Å². The molecular formula is C17H15NO3. The second-order valence-electron chi connectivity index (χ2n) is 5.05. The third-order valence-electron chi connectivity index (χ3n) is 3.32. The monoisotopic (exact) mass is 281 g/mol. The largest absolute Gasteiger partial charge is 0.455 e. The number of rotatable bonds is 2. The van der Waals surface area contributed by atoms with Crippen molar-refractivity contribution in [1.29, 1.82) is 0 Å². The van der Waals surface area contributed by atoms with Crippen LogP contribution < -0.4 is 16.1 Å². The highest BCUT2D eigenvalue weighted by Crippen LogP contribution is 2.30. The zero-order chi connectivity index (χ0) is 15.0. The van der Waals surface area contributed by atoms with E-state index in [1.54, 1.807) is 12.1 Å². The molecule has 106 valence electrons. The van der Waals surface area contributed by atoms with Gasteiger partial charge in [0, 0.05) is 17.5 Å². The number of hydrogen-bond acceptors (Lipinski definition) is 4. The maximum atomic E-state index is 11.4. The third kappa shape index (κ3) is 2.60. The fourth-order valence-electron chi connectivity index (χ4n) is 2.23. The molecule has 1 aromatic heterocycles. The number of ether oxygens (including phenoxy) is 1. The van der Waals surface area contributed by atoms with Gasteiger partial charge in [0.1, 0.15) is 11.3 Å². The Bertz CT molecular complexity index is 881. The third-order valence-corrected chi connectivity index (χ3v) is 3.32. The lowest BCUT2D eigenvalue weighted by atomic mass is 10.1. The Morgan fingerprint density at radius 3 is 2.67 bits per heavy atom. The highest BCUT2D eigenvalue weighted by atomic mass is 16.5. The summed E-state index contributed by atoms with van der Waals surface area (Å²) in [6, 6.07) is 12.5. The zero-order valence-electron chi connectivity index (χ0n) is 11.8. The predicted molar refractivity (Wildman–Crippen MR) is 82.9 cm³/mol. The van der Waals surface area contributed by atoms with Gasteiger partial charge < -0.3 is 14.9 Å². The molecule has 2 aromatic carbocycles. The van der Waals surface area contributed by atoms with Crippen molar-refractivity contribution >= 4 is 16.7 Å². The summed E-state index contributed by atoms with van der Waals surface area (Å²) in [6.45, 7) is 3.84. The predicted octanol–water partition coefficient (Wildman–Crippen LogP) is 3.78. The highest BCUT2D eigenvalue weighted by molar-refractivity contribution is 5.81. The smallest absolute Gasteiger partial charge is 0.336 e. The number of nitrogens with two attached hydrogens (primary N) is 1. The lowest BCUT2D eigenvalue weighted by molar-refractivity contribution is 0.482. The van der Waals surface area contributed by atoms with Crippen LogP contribution in [0.5, 0.6) is 11.5 Å². The Labute approximate surface area is 121 Å². The Hall–Kier alpha value is -2.75. The Morgan fingerprint density at radius 2 is 1.86 bits per heavy atom. The summed E-state index contributed by atoms with van der Waals surface area (Å²) >= 11 is 0. The summed E-state index contributed by atoms with van der Waals surface area (Å²) in [5.74, 6) is 1.16. The number of fused-ring (bicyclic) bond motifs is 1. The van der Waals surface area contributed by atoms with Gasteiger partial charge in [-0.3, -0.25) is 0 Å². The van der Waals surface area contributed by atoms with Crippen LogP contribution in [0.25, 0.3) is 11.0 Å². The standard InChI is InChI=1S/C17H15NO3/c1-10-3-6-14(18)16(7-10)20-12-4-5-13-11(2)8-17(19)21-15(13)9-12/h3-9H,18H2,1-2H3. The van der Waals surface area contributed by atoms with Crippen LogP contribution in [0.2, 0.25) is 0 Å². The number of benzene rings is 2. The van der Waals surface area contributed by atoms with E-state index in [2.05, 4.69) is 0 Å². The van der Waals surface area contributed by atoms with E-state index in [0.717, 1.165) is 16.5 Å². The molecule has 4 heteroatoms. The molecule has 3 rings (SSSR count). The summed E-state index contributed by atoms with van der Waals surface area (Å²) < 4.78 is 11.0. The van der Waals surface area contributed by atoms with Gasteiger partial charge in [0.15, 0.2) is 5.75 Å². The van der Waals surface area contributed by atoms with Gasteiger partial charge in [0.25, 0.3) is 0 Å². The van der Waals surface area contributed by atoms with Crippen LogP contribution in [0.4, 0.5) is 5.69 Å². The lowest BCUT2D eigenvalue weighted by Crippen LogP contribution is -1.98. The second kappa shape index (κ2) is 4.98. The number of aryl methyl sites for hydroxylation is 2. The molecule has 2 N–H and O–H groups in total. The van der Waals surface area contributed by atoms with Crippen molar-refractivity contribution in [3.63, 3.8) is 0 Å². The van der Waals surface area contributed by atoms with Crippen molar-refractivity contribution < 1.29 is 9.15 Å². The maximum Gasteiger partial charge on any atom is 0.336 e. The minimum Gasteiger partial charge on any atom is -0.455 e. The van der Waals surface area contributed by atoms with Crippen LogP contribution >= 0.6 is 0 Å². The molecule has 0 aliphatic heterocycles. The fourth-order valence-corrected chi connectivity index (χ4v) is 2.23. The van der Waals surface area contributed by atoms with Gasteiger partial charge in [-0.1, -0.05) is 6.07 Å².